The van der Waals surface area contributed by atoms with Gasteiger partial charge in [-0.25, -0.2) is 9.59 Å². The maximum atomic E-state index is 14.9. The average molecular weight is 1190 g/mol. The largest absolute Gasteiger partial charge is 0.445 e. The zero-order chi connectivity index (χ0) is 62.7. The minimum atomic E-state index is -1.03. The van der Waals surface area contributed by atoms with Gasteiger partial charge in [-0.2, -0.15) is 0 Å². The van der Waals surface area contributed by atoms with Gasteiger partial charge in [-0.05, 0) is 66.9 Å². The number of benzene rings is 2. The van der Waals surface area contributed by atoms with Gasteiger partial charge in [-0.15, -0.1) is 0 Å². The topological polar surface area (TPSA) is 278 Å². The molecule has 23 heteroatoms. The standard InChI is InChI=1S/C62H89N7O16/c1-13-39(6)55(50(80-11)33-53(73)68-28-17-22-48(68)57(81-12)40(7)58(75)64-41(8)56(74)43-19-15-14-16-20-43)66(9)60(77)45(37(2)3)32-49(70)54(38(4)5)67(10)62(79)84-34-42-23-24-47(65-61(78)85-44-21-18-30-82-36-83-35-44)46(31-42)59(76)63-27-29-69-51(71)25-26-52(69)72/h14-16,18-21,23-26,31,37-41,44-45,48,50,54-57,74H,13,17,22,27-30,32-36H2,1-12H3,(H,63,76)(H,64,75)(H,65,78)/b21-18+/t39-,40+,41+,44?,45-,48-,50+,54-,55-,56+,57+/m0/s1. The van der Waals surface area contributed by atoms with E-state index in [9.17, 15) is 48.3 Å². The number of anilines is 1. The van der Waals surface area contributed by atoms with E-state index in [2.05, 4.69) is 16.0 Å². The van der Waals surface area contributed by atoms with Crippen molar-refractivity contribution in [3.8, 4) is 0 Å². The minimum Gasteiger partial charge on any atom is -0.445 e. The molecule has 0 radical (unpaired) electrons. The highest BCUT2D eigenvalue weighted by molar-refractivity contribution is 6.13. The molecule has 1 fully saturated rings. The first-order valence-corrected chi connectivity index (χ1v) is 29.3. The summed E-state index contributed by atoms with van der Waals surface area (Å²) in [5.41, 5.74) is 0.964. The van der Waals surface area contributed by atoms with Crippen molar-refractivity contribution in [2.24, 2.45) is 29.6 Å². The fourth-order valence-electron chi connectivity index (χ4n) is 11.2. The fraction of sp³-hybridized carbons (Fsp3) is 0.597. The van der Waals surface area contributed by atoms with Crippen molar-refractivity contribution in [3.63, 3.8) is 0 Å². The molecule has 3 heterocycles. The molecular weight excluding hydrogens is 1100 g/mol. The number of aliphatic hydroxyl groups excluding tert-OH is 1. The summed E-state index contributed by atoms with van der Waals surface area (Å²) in [6.07, 6.45) is 2.25. The number of nitrogens with one attached hydrogen (secondary N) is 3. The van der Waals surface area contributed by atoms with Gasteiger partial charge in [0.15, 0.2) is 5.78 Å². The van der Waals surface area contributed by atoms with Gasteiger partial charge in [0, 0.05) is 72.4 Å². The van der Waals surface area contributed by atoms with Crippen LogP contribution >= 0.6 is 0 Å². The Morgan fingerprint density at radius 2 is 1.55 bits per heavy atom. The van der Waals surface area contributed by atoms with E-state index in [0.717, 1.165) is 17.1 Å². The Morgan fingerprint density at radius 3 is 2.19 bits per heavy atom. The molecule has 4 N–H and O–H groups in total. The molecule has 85 heavy (non-hydrogen) atoms. The van der Waals surface area contributed by atoms with Crippen LogP contribution in [0, 0.1) is 29.6 Å². The zero-order valence-electron chi connectivity index (χ0n) is 51.3. The Bertz CT molecular complexity index is 2670. The number of rotatable bonds is 29. The summed E-state index contributed by atoms with van der Waals surface area (Å²) >= 11 is 0. The van der Waals surface area contributed by atoms with Crippen molar-refractivity contribution in [2.45, 2.75) is 143 Å². The molecule has 0 spiro atoms. The van der Waals surface area contributed by atoms with Crippen LogP contribution in [0.5, 0.6) is 0 Å². The molecule has 11 atom stereocenters. The molecule has 0 aliphatic carbocycles. The highest BCUT2D eigenvalue weighted by Gasteiger charge is 2.44. The Hall–Kier alpha value is -7.05. The van der Waals surface area contributed by atoms with Crippen LogP contribution in [0.4, 0.5) is 15.3 Å². The number of hydrogen-bond acceptors (Lipinski definition) is 16. The van der Waals surface area contributed by atoms with E-state index < -0.39 is 96.2 Å². The van der Waals surface area contributed by atoms with E-state index in [1.807, 2.05) is 45.9 Å². The first-order valence-electron chi connectivity index (χ1n) is 29.3. The molecule has 2 aromatic rings. The maximum absolute atomic E-state index is 14.9. The quantitative estimate of drug-likeness (QED) is 0.0553. The summed E-state index contributed by atoms with van der Waals surface area (Å²) < 4.78 is 33.9. The molecular formula is C62H89N7O16. The number of nitrogens with zero attached hydrogens (tertiary/aromatic N) is 4. The Kier molecular flexibility index (Phi) is 26.7. The van der Waals surface area contributed by atoms with Crippen molar-refractivity contribution in [2.75, 3.05) is 73.3 Å². The van der Waals surface area contributed by atoms with Gasteiger partial charge in [0.05, 0.1) is 79.3 Å². The van der Waals surface area contributed by atoms with E-state index in [4.69, 9.17) is 28.4 Å². The summed E-state index contributed by atoms with van der Waals surface area (Å²) in [5, 5.41) is 19.1. The number of imide groups is 1. The number of Topliss-reactive ketones (excluding diaryl/α,β-unsaturated/α-hetero) is 1. The molecule has 0 aromatic heterocycles. The Balaban J connectivity index is 1.26. The second kappa shape index (κ2) is 33.0. The number of carbonyl (C=O) groups excluding carboxylic acids is 9. The summed E-state index contributed by atoms with van der Waals surface area (Å²) in [7, 11) is 6.12. The molecule has 23 nitrogen and oxygen atoms in total. The van der Waals surface area contributed by atoms with Gasteiger partial charge in [0.25, 0.3) is 17.7 Å². The monoisotopic (exact) mass is 1190 g/mol. The van der Waals surface area contributed by atoms with Crippen LogP contribution in [0.15, 0.2) is 72.8 Å². The molecule has 3 aliphatic heterocycles. The zero-order valence-corrected chi connectivity index (χ0v) is 51.3. The average Bonchev–Trinajstić information content (AvgIpc) is 3.70. The van der Waals surface area contributed by atoms with E-state index >= 15 is 0 Å². The summed E-state index contributed by atoms with van der Waals surface area (Å²) in [5.74, 6) is -5.44. The van der Waals surface area contributed by atoms with Crippen LogP contribution in [-0.4, -0.2) is 189 Å². The third-order valence-corrected chi connectivity index (χ3v) is 16.2. The smallest absolute Gasteiger partial charge is 0.412 e. The van der Waals surface area contributed by atoms with Crippen LogP contribution in [0.1, 0.15) is 115 Å². The summed E-state index contributed by atoms with van der Waals surface area (Å²) in [6.45, 7) is 14.8. The van der Waals surface area contributed by atoms with Crippen LogP contribution in [-0.2, 0) is 63.8 Å². The normalized spacial score (nSPS) is 19.8. The number of ketones is 1. The minimum absolute atomic E-state index is 0.00618. The van der Waals surface area contributed by atoms with Crippen molar-refractivity contribution in [1.82, 2.24) is 30.2 Å². The van der Waals surface area contributed by atoms with Gasteiger partial charge >= 0.3 is 12.2 Å². The first kappa shape index (κ1) is 68.7. The molecule has 5 rings (SSSR count). The lowest BCUT2D eigenvalue weighted by molar-refractivity contribution is -0.149. The number of amides is 8. The fourth-order valence-corrected chi connectivity index (χ4v) is 11.2. The number of ether oxygens (including phenoxy) is 6. The van der Waals surface area contributed by atoms with Crippen molar-refractivity contribution in [3.05, 3.63) is 89.5 Å². The second-order valence-corrected chi connectivity index (χ2v) is 22.8. The maximum Gasteiger partial charge on any atom is 0.412 e. The van der Waals surface area contributed by atoms with E-state index in [0.29, 0.717) is 36.9 Å². The van der Waals surface area contributed by atoms with E-state index in [1.54, 1.807) is 68.8 Å². The number of likely N-dealkylation sites (N-methyl/N-ethyl adjacent to an activating group) is 2. The van der Waals surface area contributed by atoms with Crippen molar-refractivity contribution in [1.29, 1.82) is 0 Å². The van der Waals surface area contributed by atoms with Gasteiger partial charge < -0.3 is 58.9 Å². The van der Waals surface area contributed by atoms with Gasteiger partial charge in [-0.3, -0.25) is 43.8 Å². The Morgan fingerprint density at radius 1 is 0.859 bits per heavy atom. The first-order chi connectivity index (χ1) is 40.4. The second-order valence-electron chi connectivity index (χ2n) is 22.8. The van der Waals surface area contributed by atoms with Gasteiger partial charge in [0.1, 0.15) is 19.5 Å². The lowest BCUT2D eigenvalue weighted by Crippen LogP contribution is -2.55. The highest BCUT2D eigenvalue weighted by atomic mass is 16.7. The number of carbonyl (C=O) groups is 9. The van der Waals surface area contributed by atoms with Gasteiger partial charge in [-0.1, -0.05) is 97.4 Å². The molecule has 0 bridgehead atoms. The highest BCUT2D eigenvalue weighted by Crippen LogP contribution is 2.32. The van der Waals surface area contributed by atoms with Crippen LogP contribution in [0.25, 0.3) is 0 Å². The molecule has 468 valence electrons. The molecule has 0 saturated carbocycles. The number of likely N-dealkylation sites (tertiary alicyclic amines) is 1. The van der Waals surface area contributed by atoms with Crippen LogP contribution in [0.3, 0.4) is 0 Å². The molecule has 2 aromatic carbocycles. The van der Waals surface area contributed by atoms with Crippen molar-refractivity contribution >= 4 is 59.1 Å². The third kappa shape index (κ3) is 18.7. The SMILES string of the molecule is CC[C@H](C)[C@@H]([C@@H](CC(=O)N1CCC[C@H]1[C@H](OC)[C@@H](C)C(=O)N[C@H](C)[C@@H](O)c1ccccc1)OC)N(C)C(=O)[C@@H](CC(=O)[C@H](C(C)C)N(C)C(=O)OCc1ccc(NC(=O)OC2/C=C/COCOC2)c(C(=O)NCCN2C(=O)C=CC2=O)c1)C(C)C. The summed E-state index contributed by atoms with van der Waals surface area (Å²) in [4.78, 5) is 128. The molecule has 8 amide bonds. The predicted octanol–water partition coefficient (Wildman–Crippen LogP) is 5.80. The lowest BCUT2D eigenvalue weighted by atomic mass is 9.83. The number of aliphatic hydroxyl groups is 1. The van der Waals surface area contributed by atoms with E-state index in [1.165, 1.54) is 44.4 Å². The number of methoxy groups -OCH3 is 2. The lowest BCUT2D eigenvalue weighted by Gasteiger charge is -2.41. The molecule has 1 unspecified atom stereocenters. The van der Waals surface area contributed by atoms with Crippen LogP contribution < -0.4 is 16.0 Å². The predicted molar refractivity (Wildman–Crippen MR) is 314 cm³/mol. The van der Waals surface area contributed by atoms with Crippen molar-refractivity contribution < 1.29 is 76.7 Å². The van der Waals surface area contributed by atoms with E-state index in [-0.39, 0.29) is 99.1 Å². The Labute approximate surface area is 499 Å². The molecule has 3 aliphatic rings. The van der Waals surface area contributed by atoms with Gasteiger partial charge in [0.2, 0.25) is 17.7 Å². The summed E-state index contributed by atoms with van der Waals surface area (Å²) in [6, 6.07) is 10.7. The molecule has 1 saturated heterocycles. The number of hydrogen-bond donors (Lipinski definition) is 4. The van der Waals surface area contributed by atoms with Crippen LogP contribution in [0.2, 0.25) is 0 Å². The third-order valence-electron chi connectivity index (χ3n) is 16.2.